The molecule has 4 rings (SSSR count). The number of amides is 1. The molecule has 3 aromatic carbocycles. The third-order valence-electron chi connectivity index (χ3n) is 6.11. The van der Waals surface area contributed by atoms with Gasteiger partial charge in [0.25, 0.3) is 0 Å². The predicted octanol–water partition coefficient (Wildman–Crippen LogP) is 7.49. The molecular weight excluding hydrogens is 513 g/mol. The summed E-state index contributed by atoms with van der Waals surface area (Å²) in [5.41, 5.74) is 4.58. The summed E-state index contributed by atoms with van der Waals surface area (Å²) >= 11 is 13.7. The van der Waals surface area contributed by atoms with Gasteiger partial charge >= 0.3 is 5.97 Å². The second-order valence-corrected chi connectivity index (χ2v) is 10.5. The van der Waals surface area contributed by atoms with E-state index in [1.54, 1.807) is 17.5 Å². The zero-order valence-electron chi connectivity index (χ0n) is 19.6. The van der Waals surface area contributed by atoms with Gasteiger partial charge in [0.05, 0.1) is 22.0 Å². The van der Waals surface area contributed by atoms with Crippen molar-refractivity contribution in [2.24, 2.45) is 0 Å². The molecule has 36 heavy (non-hydrogen) atoms. The summed E-state index contributed by atoms with van der Waals surface area (Å²) in [6.07, 6.45) is 0.792. The first-order valence-electron chi connectivity index (χ1n) is 11.5. The van der Waals surface area contributed by atoms with Crippen LogP contribution in [0.25, 0.3) is 11.1 Å². The fraction of sp³-hybridized carbons (Fsp3) is 0.172. The molecular formula is C29H25Cl2NO3S. The molecule has 0 saturated carbocycles. The largest absolute Gasteiger partial charge is 0.478 e. The molecule has 4 nitrogen and oxygen atoms in total. The van der Waals surface area contributed by atoms with Crippen LogP contribution in [0, 0.1) is 0 Å². The van der Waals surface area contributed by atoms with Gasteiger partial charge in [0, 0.05) is 22.2 Å². The van der Waals surface area contributed by atoms with Crippen LogP contribution in [0.5, 0.6) is 0 Å². The Hall–Kier alpha value is -3.12. The molecule has 0 saturated heterocycles. The minimum Gasteiger partial charge on any atom is -0.478 e. The van der Waals surface area contributed by atoms with Crippen molar-refractivity contribution in [2.45, 2.75) is 31.7 Å². The average Bonchev–Trinajstić information content (AvgIpc) is 3.34. The van der Waals surface area contributed by atoms with Crippen LogP contribution in [0.2, 0.25) is 10.0 Å². The van der Waals surface area contributed by atoms with E-state index in [9.17, 15) is 9.59 Å². The number of carboxylic acid groups (broad SMARTS) is 1. The molecule has 4 aromatic rings. The summed E-state index contributed by atoms with van der Waals surface area (Å²) in [5.74, 6) is -1.16. The zero-order valence-corrected chi connectivity index (χ0v) is 21.9. The zero-order chi connectivity index (χ0) is 25.7. The molecule has 1 amide bonds. The number of rotatable bonds is 9. The number of benzene rings is 3. The number of aromatic carboxylic acids is 1. The highest BCUT2D eigenvalue weighted by Gasteiger charge is 2.23. The van der Waals surface area contributed by atoms with Gasteiger partial charge in [0.2, 0.25) is 5.91 Å². The Labute approximate surface area is 224 Å². The minimum atomic E-state index is -0.994. The van der Waals surface area contributed by atoms with E-state index in [2.05, 4.69) is 41.7 Å². The Balaban J connectivity index is 1.55. The third-order valence-corrected chi connectivity index (χ3v) is 7.79. The first-order valence-corrected chi connectivity index (χ1v) is 13.1. The van der Waals surface area contributed by atoms with Gasteiger partial charge < -0.3 is 10.4 Å². The molecule has 0 aliphatic heterocycles. The molecule has 7 heteroatoms. The molecule has 0 aliphatic rings. The van der Waals surface area contributed by atoms with Gasteiger partial charge in [-0.05, 0) is 53.8 Å². The summed E-state index contributed by atoms with van der Waals surface area (Å²) in [4.78, 5) is 24.7. The van der Waals surface area contributed by atoms with E-state index >= 15 is 0 Å². The minimum absolute atomic E-state index is 0.0195. The second-order valence-electron chi connectivity index (χ2n) is 8.69. The van der Waals surface area contributed by atoms with Crippen molar-refractivity contribution in [3.05, 3.63) is 116 Å². The molecule has 2 atom stereocenters. The van der Waals surface area contributed by atoms with Gasteiger partial charge in [-0.15, -0.1) is 11.3 Å². The Bertz CT molecular complexity index is 1350. The number of nitrogens with one attached hydrogen (secondary N) is 1. The smallest absolute Gasteiger partial charge is 0.336 e. The number of carboxylic acids is 1. The average molecular weight is 538 g/mol. The van der Waals surface area contributed by atoms with Crippen molar-refractivity contribution in [1.82, 2.24) is 5.32 Å². The van der Waals surface area contributed by atoms with E-state index in [1.807, 2.05) is 37.3 Å². The summed E-state index contributed by atoms with van der Waals surface area (Å²) in [5, 5.41) is 14.8. The van der Waals surface area contributed by atoms with Crippen molar-refractivity contribution >= 4 is 46.4 Å². The number of carbonyl (C=O) groups excluding carboxylic acids is 1. The topological polar surface area (TPSA) is 66.4 Å². The van der Waals surface area contributed by atoms with Gasteiger partial charge in [0.1, 0.15) is 0 Å². The van der Waals surface area contributed by atoms with Gasteiger partial charge in [-0.3, -0.25) is 4.79 Å². The van der Waals surface area contributed by atoms with Crippen molar-refractivity contribution in [1.29, 1.82) is 0 Å². The molecule has 0 bridgehead atoms. The molecule has 1 heterocycles. The van der Waals surface area contributed by atoms with Crippen LogP contribution in [0.1, 0.15) is 39.2 Å². The van der Waals surface area contributed by atoms with Gasteiger partial charge in [0.15, 0.2) is 0 Å². The van der Waals surface area contributed by atoms with E-state index in [-0.39, 0.29) is 29.9 Å². The highest BCUT2D eigenvalue weighted by Crippen LogP contribution is 2.30. The van der Waals surface area contributed by atoms with Gasteiger partial charge in [-0.25, -0.2) is 4.79 Å². The molecule has 0 spiro atoms. The lowest BCUT2D eigenvalue weighted by atomic mass is 9.85. The molecule has 2 unspecified atom stereocenters. The lowest BCUT2D eigenvalue weighted by molar-refractivity contribution is -0.121. The van der Waals surface area contributed by atoms with E-state index in [1.165, 1.54) is 11.3 Å². The van der Waals surface area contributed by atoms with Crippen molar-refractivity contribution in [3.8, 4) is 11.1 Å². The SMILES string of the molecule is CC(NC(=O)Cc1cc(C(=O)O)cs1)C(Cc1ccc(Cl)c(Cl)c1)c1ccc(-c2ccccc2)cc1. The van der Waals surface area contributed by atoms with Crippen molar-refractivity contribution in [3.63, 3.8) is 0 Å². The second kappa shape index (κ2) is 11.7. The van der Waals surface area contributed by atoms with Crippen LogP contribution in [0.4, 0.5) is 0 Å². The molecule has 0 aliphatic carbocycles. The molecule has 1 aromatic heterocycles. The van der Waals surface area contributed by atoms with Crippen LogP contribution in [-0.4, -0.2) is 23.0 Å². The predicted molar refractivity (Wildman–Crippen MR) is 147 cm³/mol. The Morgan fingerprint density at radius 2 is 1.61 bits per heavy atom. The monoisotopic (exact) mass is 537 g/mol. The van der Waals surface area contributed by atoms with Crippen LogP contribution in [0.15, 0.2) is 84.2 Å². The summed E-state index contributed by atoms with van der Waals surface area (Å²) in [6.45, 7) is 1.99. The van der Waals surface area contributed by atoms with Crippen LogP contribution >= 0.6 is 34.5 Å². The quantitative estimate of drug-likeness (QED) is 0.232. The van der Waals surface area contributed by atoms with E-state index in [0.717, 1.165) is 22.3 Å². The highest BCUT2D eigenvalue weighted by atomic mass is 35.5. The maximum absolute atomic E-state index is 12.8. The maximum Gasteiger partial charge on any atom is 0.336 e. The summed E-state index contributed by atoms with van der Waals surface area (Å²) < 4.78 is 0. The van der Waals surface area contributed by atoms with Crippen LogP contribution in [-0.2, 0) is 17.6 Å². The van der Waals surface area contributed by atoms with E-state index in [0.29, 0.717) is 21.3 Å². The fourth-order valence-corrected chi connectivity index (χ4v) is 5.38. The Morgan fingerprint density at radius 1 is 0.917 bits per heavy atom. The molecule has 0 radical (unpaired) electrons. The third kappa shape index (κ3) is 6.55. The Morgan fingerprint density at radius 3 is 2.25 bits per heavy atom. The molecule has 0 fully saturated rings. The molecule has 184 valence electrons. The van der Waals surface area contributed by atoms with Gasteiger partial charge in [-0.2, -0.15) is 0 Å². The van der Waals surface area contributed by atoms with Crippen LogP contribution in [0.3, 0.4) is 0 Å². The highest BCUT2D eigenvalue weighted by molar-refractivity contribution is 7.10. The maximum atomic E-state index is 12.8. The number of carbonyl (C=O) groups is 2. The van der Waals surface area contributed by atoms with E-state index < -0.39 is 5.97 Å². The number of hydrogen-bond donors (Lipinski definition) is 2. The van der Waals surface area contributed by atoms with Crippen molar-refractivity contribution in [2.75, 3.05) is 0 Å². The lowest BCUT2D eigenvalue weighted by Gasteiger charge is -2.26. The summed E-state index contributed by atoms with van der Waals surface area (Å²) in [6, 6.07) is 25.5. The normalized spacial score (nSPS) is 12.6. The number of hydrogen-bond acceptors (Lipinski definition) is 3. The molecule has 2 N–H and O–H groups in total. The standard InChI is InChI=1S/C29H25Cl2NO3S/c1-18(32-28(33)16-24-15-23(17-36-24)29(34)35)25(13-19-7-12-26(30)27(31)14-19)22-10-8-21(9-11-22)20-5-3-2-4-6-20/h2-12,14-15,17-18,25H,13,16H2,1H3,(H,32,33)(H,34,35). The van der Waals surface area contributed by atoms with Crippen molar-refractivity contribution < 1.29 is 14.7 Å². The van der Waals surface area contributed by atoms with Crippen LogP contribution < -0.4 is 5.32 Å². The lowest BCUT2D eigenvalue weighted by Crippen LogP contribution is -2.38. The first kappa shape index (κ1) is 26.0. The fourth-order valence-electron chi connectivity index (χ4n) is 4.21. The number of thiophene rings is 1. The first-order chi connectivity index (χ1) is 17.3. The summed E-state index contributed by atoms with van der Waals surface area (Å²) in [7, 11) is 0. The van der Waals surface area contributed by atoms with E-state index in [4.69, 9.17) is 28.3 Å². The number of halogens is 2. The van der Waals surface area contributed by atoms with Gasteiger partial charge in [-0.1, -0.05) is 83.9 Å². The Kier molecular flexibility index (Phi) is 8.47.